The van der Waals surface area contributed by atoms with Crippen molar-refractivity contribution < 1.29 is 8.83 Å². The molecular formula is C60H39N3O2. The van der Waals surface area contributed by atoms with Gasteiger partial charge >= 0.3 is 0 Å². The van der Waals surface area contributed by atoms with Crippen molar-refractivity contribution in [3.8, 4) is 78.7 Å². The van der Waals surface area contributed by atoms with Gasteiger partial charge < -0.3 is 8.83 Å². The molecule has 1 aliphatic carbocycles. The summed E-state index contributed by atoms with van der Waals surface area (Å²) in [5, 5.41) is 3.93. The first kappa shape index (κ1) is 37.2. The smallest absolute Gasteiger partial charge is 0.164 e. The van der Waals surface area contributed by atoms with Crippen molar-refractivity contribution in [2.45, 2.75) is 19.3 Å². The average molecular weight is 834 g/mol. The van der Waals surface area contributed by atoms with Crippen LogP contribution in [0.3, 0.4) is 0 Å². The van der Waals surface area contributed by atoms with Gasteiger partial charge in [-0.25, -0.2) is 15.0 Å². The molecule has 13 rings (SSSR count). The molecule has 0 radical (unpaired) electrons. The normalized spacial score (nSPS) is 12.9. The van der Waals surface area contributed by atoms with E-state index in [4.69, 9.17) is 23.8 Å². The Kier molecular flexibility index (Phi) is 8.18. The van der Waals surface area contributed by atoms with Crippen LogP contribution in [0.25, 0.3) is 123 Å². The lowest BCUT2D eigenvalue weighted by Crippen LogP contribution is -2.14. The molecule has 5 nitrogen and oxygen atoms in total. The van der Waals surface area contributed by atoms with Gasteiger partial charge in [0.2, 0.25) is 0 Å². The molecule has 1 aliphatic rings. The van der Waals surface area contributed by atoms with Crippen molar-refractivity contribution in [1.82, 2.24) is 15.0 Å². The molecule has 3 aromatic heterocycles. The Balaban J connectivity index is 0.951. The van der Waals surface area contributed by atoms with Gasteiger partial charge in [-0.2, -0.15) is 0 Å². The van der Waals surface area contributed by atoms with E-state index in [1.54, 1.807) is 0 Å². The molecule has 0 saturated carbocycles. The van der Waals surface area contributed by atoms with Gasteiger partial charge in [0.05, 0.1) is 0 Å². The van der Waals surface area contributed by atoms with E-state index in [-0.39, 0.29) is 5.41 Å². The second-order valence-electron chi connectivity index (χ2n) is 17.5. The van der Waals surface area contributed by atoms with Crippen molar-refractivity contribution in [2.75, 3.05) is 0 Å². The number of fused-ring (bicyclic) bond motifs is 9. The molecule has 3 heterocycles. The molecule has 0 unspecified atom stereocenters. The predicted molar refractivity (Wildman–Crippen MR) is 265 cm³/mol. The number of hydrogen-bond acceptors (Lipinski definition) is 5. The summed E-state index contributed by atoms with van der Waals surface area (Å²) in [5.41, 5.74) is 17.9. The molecule has 0 fully saturated rings. The van der Waals surface area contributed by atoms with Gasteiger partial charge in [-0.1, -0.05) is 178 Å². The largest absolute Gasteiger partial charge is 0.456 e. The van der Waals surface area contributed by atoms with E-state index in [9.17, 15) is 0 Å². The maximum Gasteiger partial charge on any atom is 0.164 e. The van der Waals surface area contributed by atoms with Crippen LogP contribution in [0.4, 0.5) is 0 Å². The molecule has 0 spiro atoms. The Labute approximate surface area is 375 Å². The molecule has 5 heteroatoms. The zero-order valence-electron chi connectivity index (χ0n) is 35.7. The highest BCUT2D eigenvalue weighted by atomic mass is 16.3. The van der Waals surface area contributed by atoms with E-state index in [0.717, 1.165) is 82.8 Å². The van der Waals surface area contributed by atoms with Gasteiger partial charge in [0.1, 0.15) is 22.3 Å². The third-order valence-corrected chi connectivity index (χ3v) is 13.4. The van der Waals surface area contributed by atoms with Crippen molar-refractivity contribution in [3.05, 3.63) is 211 Å². The van der Waals surface area contributed by atoms with Crippen molar-refractivity contribution in [3.63, 3.8) is 0 Å². The topological polar surface area (TPSA) is 65.0 Å². The first-order valence-electron chi connectivity index (χ1n) is 22.1. The molecule has 0 saturated heterocycles. The molecule has 9 aromatic carbocycles. The monoisotopic (exact) mass is 833 g/mol. The minimum atomic E-state index is -0.0522. The van der Waals surface area contributed by atoms with Gasteiger partial charge in [-0.05, 0) is 92.0 Å². The standard InChI is InChI=1S/C60H39N3O2/c1-60(2)49-22-10-8-17-42(49)43-32-30-40(35-50(43)60)37-28-26-36(27-29-37)39-31-33-52-48(34-39)56-47(21-13-25-54(56)65-52)59-62-57(44-18-7-6-16-41(44)38-14-4-3-5-15-38)61-58(63-59)46-20-12-24-53-55(46)45-19-9-11-23-51(45)64-53/h3-35H,1-2H3. The number of para-hydroxylation sites is 1. The van der Waals surface area contributed by atoms with E-state index in [0.29, 0.717) is 17.5 Å². The number of nitrogens with zero attached hydrogens (tertiary/aromatic N) is 3. The quantitative estimate of drug-likeness (QED) is 0.167. The third kappa shape index (κ3) is 5.89. The van der Waals surface area contributed by atoms with Crippen LogP contribution in [0.5, 0.6) is 0 Å². The Morgan fingerprint density at radius 2 is 0.785 bits per heavy atom. The molecule has 0 N–H and O–H groups in total. The van der Waals surface area contributed by atoms with E-state index < -0.39 is 0 Å². The van der Waals surface area contributed by atoms with Crippen LogP contribution in [0.15, 0.2) is 209 Å². The van der Waals surface area contributed by atoms with Crippen LogP contribution in [-0.4, -0.2) is 15.0 Å². The fourth-order valence-corrected chi connectivity index (χ4v) is 10.2. The number of rotatable bonds is 6. The lowest BCUT2D eigenvalue weighted by Gasteiger charge is -2.22. The number of benzene rings is 9. The summed E-state index contributed by atoms with van der Waals surface area (Å²) in [4.78, 5) is 15.9. The summed E-state index contributed by atoms with van der Waals surface area (Å²) < 4.78 is 12.9. The Hall–Kier alpha value is -8.41. The van der Waals surface area contributed by atoms with Crippen molar-refractivity contribution >= 4 is 43.9 Å². The molecule has 12 aromatic rings. The molecule has 0 amide bonds. The summed E-state index contributed by atoms with van der Waals surface area (Å²) in [7, 11) is 0. The van der Waals surface area contributed by atoms with Gasteiger partial charge in [0.15, 0.2) is 17.5 Å². The highest BCUT2D eigenvalue weighted by molar-refractivity contribution is 6.14. The van der Waals surface area contributed by atoms with Gasteiger partial charge in [-0.3, -0.25) is 0 Å². The van der Waals surface area contributed by atoms with Crippen LogP contribution in [-0.2, 0) is 5.41 Å². The minimum Gasteiger partial charge on any atom is -0.456 e. The van der Waals surface area contributed by atoms with Crippen LogP contribution in [0, 0.1) is 0 Å². The molecule has 0 bridgehead atoms. The zero-order chi connectivity index (χ0) is 43.2. The molecular weight excluding hydrogens is 795 g/mol. The summed E-state index contributed by atoms with van der Waals surface area (Å²) in [6.45, 7) is 4.66. The molecule has 0 aliphatic heterocycles. The van der Waals surface area contributed by atoms with Gasteiger partial charge in [0.25, 0.3) is 0 Å². The van der Waals surface area contributed by atoms with E-state index in [1.807, 2.05) is 54.6 Å². The number of aromatic nitrogens is 3. The van der Waals surface area contributed by atoms with Crippen LogP contribution in [0.1, 0.15) is 25.0 Å². The Bertz CT molecular complexity index is 3860. The SMILES string of the molecule is CC1(C)c2ccccc2-c2ccc(-c3ccc(-c4ccc5oc6cccc(-c7nc(-c8ccccc8-c8ccccc8)nc(-c8cccc9oc%10ccccc%10c89)n7)c6c5c4)cc3)cc21. The molecule has 306 valence electrons. The first-order chi connectivity index (χ1) is 32.0. The second kappa shape index (κ2) is 14.3. The highest BCUT2D eigenvalue weighted by Crippen LogP contribution is 2.50. The van der Waals surface area contributed by atoms with Crippen LogP contribution in [0.2, 0.25) is 0 Å². The fourth-order valence-electron chi connectivity index (χ4n) is 10.2. The second-order valence-corrected chi connectivity index (χ2v) is 17.5. The maximum absolute atomic E-state index is 6.58. The predicted octanol–water partition coefficient (Wildman–Crippen LogP) is 16.0. The van der Waals surface area contributed by atoms with Crippen molar-refractivity contribution in [2.24, 2.45) is 0 Å². The van der Waals surface area contributed by atoms with Gasteiger partial charge in [-0.15, -0.1) is 0 Å². The van der Waals surface area contributed by atoms with E-state index in [2.05, 4.69) is 159 Å². The Morgan fingerprint density at radius 3 is 1.49 bits per heavy atom. The first-order valence-corrected chi connectivity index (χ1v) is 22.1. The lowest BCUT2D eigenvalue weighted by molar-refractivity contribution is 0.660. The number of hydrogen-bond donors (Lipinski definition) is 0. The highest BCUT2D eigenvalue weighted by Gasteiger charge is 2.35. The summed E-state index contributed by atoms with van der Waals surface area (Å²) in [5.74, 6) is 1.70. The van der Waals surface area contributed by atoms with E-state index in [1.165, 1.54) is 33.4 Å². The minimum absolute atomic E-state index is 0.0522. The van der Waals surface area contributed by atoms with Crippen LogP contribution < -0.4 is 0 Å². The van der Waals surface area contributed by atoms with E-state index >= 15 is 0 Å². The summed E-state index contributed by atoms with van der Waals surface area (Å²) >= 11 is 0. The van der Waals surface area contributed by atoms with Crippen molar-refractivity contribution in [1.29, 1.82) is 0 Å². The molecule has 65 heavy (non-hydrogen) atoms. The molecule has 0 atom stereocenters. The maximum atomic E-state index is 6.58. The van der Waals surface area contributed by atoms with Gasteiger partial charge in [0, 0.05) is 43.7 Å². The third-order valence-electron chi connectivity index (χ3n) is 13.4. The summed E-state index contributed by atoms with van der Waals surface area (Å²) in [6.07, 6.45) is 0. The number of furan rings is 2. The summed E-state index contributed by atoms with van der Waals surface area (Å²) in [6, 6.07) is 70.2. The average Bonchev–Trinajstić information content (AvgIpc) is 4.01. The van der Waals surface area contributed by atoms with Crippen LogP contribution >= 0.6 is 0 Å². The lowest BCUT2D eigenvalue weighted by atomic mass is 9.81. The Morgan fingerprint density at radius 1 is 0.308 bits per heavy atom. The zero-order valence-corrected chi connectivity index (χ0v) is 35.7. The fraction of sp³-hybridized carbons (Fsp3) is 0.0500.